The Balaban J connectivity index is 1.39. The fourth-order valence-electron chi connectivity index (χ4n) is 4.31. The standard InChI is InChI=1S/C25H30N2O3/c1-2-30-22-9-7-21(8-10-22)25(13-17-29-18-14-25)19-26-24(28)12-16-27-15-11-20-5-3-4-6-23(20)27/h3-11,15H,2,12-14,16-19H2,1H3,(H,26,28). The number of rotatable bonds is 8. The van der Waals surface area contributed by atoms with Crippen molar-refractivity contribution in [3.8, 4) is 5.75 Å². The van der Waals surface area contributed by atoms with Crippen LogP contribution in [0.4, 0.5) is 0 Å². The zero-order valence-corrected chi connectivity index (χ0v) is 17.6. The van der Waals surface area contributed by atoms with Gasteiger partial charge in [0.15, 0.2) is 0 Å². The molecule has 0 unspecified atom stereocenters. The Morgan fingerprint density at radius 2 is 1.87 bits per heavy atom. The highest BCUT2D eigenvalue weighted by Gasteiger charge is 2.34. The molecule has 5 nitrogen and oxygen atoms in total. The average Bonchev–Trinajstić information content (AvgIpc) is 3.21. The summed E-state index contributed by atoms with van der Waals surface area (Å²) in [5.41, 5.74) is 2.32. The molecule has 0 atom stereocenters. The number of nitrogens with one attached hydrogen (secondary N) is 1. The number of hydrogen-bond acceptors (Lipinski definition) is 3. The van der Waals surface area contributed by atoms with E-state index >= 15 is 0 Å². The van der Waals surface area contributed by atoms with Crippen molar-refractivity contribution in [2.75, 3.05) is 26.4 Å². The molecular formula is C25H30N2O3. The van der Waals surface area contributed by atoms with E-state index in [1.807, 2.05) is 31.2 Å². The Kier molecular flexibility index (Phi) is 6.38. The lowest BCUT2D eigenvalue weighted by Crippen LogP contribution is -2.44. The molecule has 3 aromatic rings. The van der Waals surface area contributed by atoms with Crippen molar-refractivity contribution in [1.82, 2.24) is 9.88 Å². The van der Waals surface area contributed by atoms with Crippen LogP contribution in [0.25, 0.3) is 10.9 Å². The lowest BCUT2D eigenvalue weighted by Gasteiger charge is -2.38. The molecule has 1 amide bonds. The first kappa shape index (κ1) is 20.5. The van der Waals surface area contributed by atoms with Crippen LogP contribution in [0.1, 0.15) is 31.7 Å². The minimum Gasteiger partial charge on any atom is -0.494 e. The van der Waals surface area contributed by atoms with Gasteiger partial charge in [-0.25, -0.2) is 0 Å². The van der Waals surface area contributed by atoms with Gasteiger partial charge < -0.3 is 19.4 Å². The first-order valence-electron chi connectivity index (χ1n) is 10.8. The second-order valence-corrected chi connectivity index (χ2v) is 7.94. The highest BCUT2D eigenvalue weighted by molar-refractivity contribution is 5.80. The third-order valence-electron chi connectivity index (χ3n) is 6.11. The summed E-state index contributed by atoms with van der Waals surface area (Å²) < 4.78 is 13.3. The van der Waals surface area contributed by atoms with Gasteiger partial charge in [0.25, 0.3) is 0 Å². The number of para-hydroxylation sites is 1. The van der Waals surface area contributed by atoms with Crippen molar-refractivity contribution >= 4 is 16.8 Å². The van der Waals surface area contributed by atoms with E-state index in [9.17, 15) is 4.79 Å². The SMILES string of the molecule is CCOc1ccc(C2(CNC(=O)CCn3ccc4ccccc43)CCOCC2)cc1. The summed E-state index contributed by atoms with van der Waals surface area (Å²) in [6, 6.07) is 18.7. The third-order valence-corrected chi connectivity index (χ3v) is 6.11. The Morgan fingerprint density at radius 3 is 2.63 bits per heavy atom. The van der Waals surface area contributed by atoms with E-state index in [-0.39, 0.29) is 11.3 Å². The highest BCUT2D eigenvalue weighted by atomic mass is 16.5. The van der Waals surface area contributed by atoms with Gasteiger partial charge in [-0.2, -0.15) is 0 Å². The van der Waals surface area contributed by atoms with E-state index < -0.39 is 0 Å². The average molecular weight is 407 g/mol. The van der Waals surface area contributed by atoms with Crippen LogP contribution in [0.15, 0.2) is 60.8 Å². The predicted molar refractivity (Wildman–Crippen MR) is 119 cm³/mol. The van der Waals surface area contributed by atoms with E-state index in [0.29, 0.717) is 26.1 Å². The number of aryl methyl sites for hydroxylation is 1. The summed E-state index contributed by atoms with van der Waals surface area (Å²) in [5, 5.41) is 4.41. The molecule has 1 aromatic heterocycles. The number of benzene rings is 2. The van der Waals surface area contributed by atoms with Crippen LogP contribution in [0, 0.1) is 0 Å². The molecule has 1 fully saturated rings. The van der Waals surface area contributed by atoms with E-state index in [1.54, 1.807) is 0 Å². The quantitative estimate of drug-likeness (QED) is 0.607. The van der Waals surface area contributed by atoms with Gasteiger partial charge in [0.1, 0.15) is 5.75 Å². The molecule has 0 saturated carbocycles. The summed E-state index contributed by atoms with van der Waals surface area (Å²) >= 11 is 0. The van der Waals surface area contributed by atoms with Crippen LogP contribution in [-0.2, 0) is 21.5 Å². The molecule has 1 N–H and O–H groups in total. The van der Waals surface area contributed by atoms with Crippen LogP contribution in [0.3, 0.4) is 0 Å². The van der Waals surface area contributed by atoms with Crippen LogP contribution in [-0.4, -0.2) is 36.8 Å². The van der Waals surface area contributed by atoms with Gasteiger partial charge in [0.05, 0.1) is 6.61 Å². The second-order valence-electron chi connectivity index (χ2n) is 7.94. The number of hydrogen-bond donors (Lipinski definition) is 1. The smallest absolute Gasteiger partial charge is 0.221 e. The van der Waals surface area contributed by atoms with Gasteiger partial charge >= 0.3 is 0 Å². The number of nitrogens with zero attached hydrogens (tertiary/aromatic N) is 1. The Hall–Kier alpha value is -2.79. The molecule has 2 heterocycles. The molecular weight excluding hydrogens is 376 g/mol. The van der Waals surface area contributed by atoms with Crippen LogP contribution >= 0.6 is 0 Å². The summed E-state index contributed by atoms with van der Waals surface area (Å²) in [6.07, 6.45) is 4.33. The first-order valence-corrected chi connectivity index (χ1v) is 10.8. The zero-order chi connectivity index (χ0) is 20.8. The Morgan fingerprint density at radius 1 is 1.10 bits per heavy atom. The predicted octanol–water partition coefficient (Wildman–Crippen LogP) is 4.29. The number of ether oxygens (including phenoxy) is 2. The fourth-order valence-corrected chi connectivity index (χ4v) is 4.31. The monoisotopic (exact) mass is 406 g/mol. The van der Waals surface area contributed by atoms with Gasteiger partial charge in [-0.05, 0) is 55.0 Å². The van der Waals surface area contributed by atoms with Crippen molar-refractivity contribution < 1.29 is 14.3 Å². The molecule has 2 aromatic carbocycles. The van der Waals surface area contributed by atoms with E-state index in [1.165, 1.54) is 16.5 Å². The zero-order valence-electron chi connectivity index (χ0n) is 17.6. The van der Waals surface area contributed by atoms with Crippen molar-refractivity contribution in [2.45, 2.75) is 38.1 Å². The van der Waals surface area contributed by atoms with Gasteiger partial charge in [-0.15, -0.1) is 0 Å². The van der Waals surface area contributed by atoms with Gasteiger partial charge in [0, 0.05) is 49.9 Å². The number of carbonyl (C=O) groups is 1. The van der Waals surface area contributed by atoms with E-state index in [2.05, 4.69) is 46.4 Å². The van der Waals surface area contributed by atoms with Crippen molar-refractivity contribution in [2.24, 2.45) is 0 Å². The molecule has 1 aliphatic heterocycles. The molecule has 0 aliphatic carbocycles. The second kappa shape index (κ2) is 9.35. The van der Waals surface area contributed by atoms with E-state index in [0.717, 1.165) is 31.8 Å². The Labute approximate surface area is 178 Å². The summed E-state index contributed by atoms with van der Waals surface area (Å²) in [5.74, 6) is 0.969. The molecule has 1 saturated heterocycles. The normalized spacial score (nSPS) is 15.8. The van der Waals surface area contributed by atoms with E-state index in [4.69, 9.17) is 9.47 Å². The topological polar surface area (TPSA) is 52.5 Å². The molecule has 0 radical (unpaired) electrons. The molecule has 158 valence electrons. The van der Waals surface area contributed by atoms with Crippen LogP contribution in [0.2, 0.25) is 0 Å². The summed E-state index contributed by atoms with van der Waals surface area (Å²) in [6.45, 7) is 5.40. The van der Waals surface area contributed by atoms with Gasteiger partial charge in [-0.1, -0.05) is 30.3 Å². The molecule has 0 bridgehead atoms. The maximum Gasteiger partial charge on any atom is 0.221 e. The lowest BCUT2D eigenvalue weighted by molar-refractivity contribution is -0.121. The highest BCUT2D eigenvalue weighted by Crippen LogP contribution is 2.35. The fraction of sp³-hybridized carbons (Fsp3) is 0.400. The van der Waals surface area contributed by atoms with Gasteiger partial charge in [-0.3, -0.25) is 4.79 Å². The maximum atomic E-state index is 12.7. The molecule has 4 rings (SSSR count). The minimum absolute atomic E-state index is 0.0845. The van der Waals surface area contributed by atoms with Crippen molar-refractivity contribution in [1.29, 1.82) is 0 Å². The minimum atomic E-state index is -0.0845. The number of fused-ring (bicyclic) bond motifs is 1. The van der Waals surface area contributed by atoms with Crippen LogP contribution < -0.4 is 10.1 Å². The Bertz CT molecular complexity index is 971. The number of carbonyl (C=O) groups excluding carboxylic acids is 1. The van der Waals surface area contributed by atoms with Gasteiger partial charge in [0.2, 0.25) is 5.91 Å². The molecule has 30 heavy (non-hydrogen) atoms. The lowest BCUT2D eigenvalue weighted by atomic mass is 9.74. The summed E-state index contributed by atoms with van der Waals surface area (Å²) in [4.78, 5) is 12.7. The molecule has 5 heteroatoms. The number of aromatic nitrogens is 1. The molecule has 0 spiro atoms. The number of amides is 1. The van der Waals surface area contributed by atoms with Crippen molar-refractivity contribution in [3.63, 3.8) is 0 Å². The summed E-state index contributed by atoms with van der Waals surface area (Å²) in [7, 11) is 0. The first-order chi connectivity index (χ1) is 14.7. The largest absolute Gasteiger partial charge is 0.494 e. The third kappa shape index (κ3) is 4.51. The molecule has 1 aliphatic rings. The van der Waals surface area contributed by atoms with Crippen molar-refractivity contribution in [3.05, 3.63) is 66.4 Å². The maximum absolute atomic E-state index is 12.7. The van der Waals surface area contributed by atoms with Crippen LogP contribution in [0.5, 0.6) is 5.75 Å².